The van der Waals surface area contributed by atoms with Gasteiger partial charge in [0.25, 0.3) is 0 Å². The number of nitrogens with zero attached hydrogens (tertiary/aromatic N) is 1. The Labute approximate surface area is 129 Å². The summed E-state index contributed by atoms with van der Waals surface area (Å²) in [6.45, 7) is 12.7. The van der Waals surface area contributed by atoms with Gasteiger partial charge >= 0.3 is 0 Å². The molecule has 0 spiro atoms. The number of benzene rings is 1. The van der Waals surface area contributed by atoms with Crippen molar-refractivity contribution in [3.8, 4) is 0 Å². The van der Waals surface area contributed by atoms with E-state index in [1.807, 2.05) is 0 Å². The molecule has 1 saturated heterocycles. The van der Waals surface area contributed by atoms with Crippen LogP contribution in [0.3, 0.4) is 0 Å². The highest BCUT2D eigenvalue weighted by molar-refractivity contribution is 5.33. The van der Waals surface area contributed by atoms with Crippen LogP contribution in [0.4, 0.5) is 0 Å². The Balaban J connectivity index is 1.82. The largest absolute Gasteiger partial charge is 0.309 e. The molecule has 2 aliphatic rings. The first-order valence-electron chi connectivity index (χ1n) is 8.56. The average molecular weight is 286 g/mol. The molecule has 2 nitrogen and oxygen atoms in total. The first kappa shape index (κ1) is 15.1. The molecule has 0 bridgehead atoms. The molecule has 1 heterocycles. The van der Waals surface area contributed by atoms with E-state index in [1.54, 1.807) is 5.56 Å². The van der Waals surface area contributed by atoms with Gasteiger partial charge in [0.2, 0.25) is 0 Å². The molecule has 2 atom stereocenters. The smallest absolute Gasteiger partial charge is 0.0278 e. The predicted octanol–water partition coefficient (Wildman–Crippen LogP) is 3.66. The van der Waals surface area contributed by atoms with E-state index in [0.717, 1.165) is 18.5 Å². The van der Waals surface area contributed by atoms with Crippen LogP contribution in [0.2, 0.25) is 0 Å². The van der Waals surface area contributed by atoms with Gasteiger partial charge in [-0.05, 0) is 62.6 Å². The Morgan fingerprint density at radius 1 is 1.24 bits per heavy atom. The molecule has 21 heavy (non-hydrogen) atoms. The molecule has 2 heteroatoms. The fourth-order valence-corrected chi connectivity index (χ4v) is 3.76. The van der Waals surface area contributed by atoms with E-state index in [-0.39, 0.29) is 5.54 Å². The van der Waals surface area contributed by atoms with Gasteiger partial charge in [0.1, 0.15) is 0 Å². The lowest BCUT2D eigenvalue weighted by molar-refractivity contribution is 0.0659. The van der Waals surface area contributed by atoms with Gasteiger partial charge in [-0.15, -0.1) is 0 Å². The summed E-state index contributed by atoms with van der Waals surface area (Å²) in [7, 11) is 0. The third-order valence-electron chi connectivity index (χ3n) is 5.71. The fraction of sp³-hybridized carbons (Fsp3) is 0.684. The zero-order valence-electron chi connectivity index (χ0n) is 14.1. The Bertz CT molecular complexity index is 486. The summed E-state index contributed by atoms with van der Waals surface area (Å²) in [6.07, 6.45) is 4.06. The Morgan fingerprint density at radius 2 is 1.90 bits per heavy atom. The van der Waals surface area contributed by atoms with Gasteiger partial charge in [0, 0.05) is 31.2 Å². The molecule has 3 rings (SSSR count). The van der Waals surface area contributed by atoms with Gasteiger partial charge < -0.3 is 5.32 Å². The molecule has 1 aliphatic carbocycles. The maximum absolute atomic E-state index is 3.82. The summed E-state index contributed by atoms with van der Waals surface area (Å²) >= 11 is 0. The minimum absolute atomic E-state index is 0.280. The maximum Gasteiger partial charge on any atom is 0.0278 e. The Kier molecular flexibility index (Phi) is 4.11. The van der Waals surface area contributed by atoms with E-state index in [0.29, 0.717) is 0 Å². The molecule has 1 aromatic carbocycles. The highest BCUT2D eigenvalue weighted by atomic mass is 15.3. The van der Waals surface area contributed by atoms with E-state index in [1.165, 1.54) is 43.5 Å². The molecule has 1 saturated carbocycles. The summed E-state index contributed by atoms with van der Waals surface area (Å²) in [5.41, 5.74) is 4.72. The summed E-state index contributed by atoms with van der Waals surface area (Å²) in [4.78, 5) is 2.77. The topological polar surface area (TPSA) is 15.3 Å². The summed E-state index contributed by atoms with van der Waals surface area (Å²) in [6, 6.07) is 7.44. The second-order valence-electron chi connectivity index (χ2n) is 7.48. The van der Waals surface area contributed by atoms with Crippen molar-refractivity contribution >= 4 is 0 Å². The van der Waals surface area contributed by atoms with Gasteiger partial charge in [0.15, 0.2) is 0 Å². The Hall–Kier alpha value is -0.860. The number of hydrogen-bond acceptors (Lipinski definition) is 2. The SMILES string of the molecule is CCC1(C)CN(Cc2c(C)cccc2C)C(C2CC2)CN1. The van der Waals surface area contributed by atoms with Crippen LogP contribution in [-0.2, 0) is 6.54 Å². The fourth-order valence-electron chi connectivity index (χ4n) is 3.76. The van der Waals surface area contributed by atoms with Crippen molar-refractivity contribution in [3.63, 3.8) is 0 Å². The van der Waals surface area contributed by atoms with E-state index in [2.05, 4.69) is 56.1 Å². The molecule has 0 amide bonds. The van der Waals surface area contributed by atoms with E-state index < -0.39 is 0 Å². The Morgan fingerprint density at radius 3 is 2.48 bits per heavy atom. The van der Waals surface area contributed by atoms with Crippen LogP contribution in [0.1, 0.15) is 49.8 Å². The van der Waals surface area contributed by atoms with Crippen molar-refractivity contribution in [1.29, 1.82) is 0 Å². The van der Waals surface area contributed by atoms with Gasteiger partial charge in [0.05, 0.1) is 0 Å². The number of piperazine rings is 1. The number of nitrogens with one attached hydrogen (secondary N) is 1. The van der Waals surface area contributed by atoms with Crippen LogP contribution in [0.5, 0.6) is 0 Å². The number of rotatable bonds is 4. The zero-order chi connectivity index (χ0) is 15.0. The van der Waals surface area contributed by atoms with Gasteiger partial charge in [-0.3, -0.25) is 4.90 Å². The minimum Gasteiger partial charge on any atom is -0.309 e. The van der Waals surface area contributed by atoms with E-state index in [4.69, 9.17) is 0 Å². The monoisotopic (exact) mass is 286 g/mol. The van der Waals surface area contributed by atoms with Crippen LogP contribution >= 0.6 is 0 Å². The average Bonchev–Trinajstić information content (AvgIpc) is 3.28. The van der Waals surface area contributed by atoms with Crippen molar-refractivity contribution in [2.24, 2.45) is 5.92 Å². The lowest BCUT2D eigenvalue weighted by Crippen LogP contribution is -2.62. The molecule has 2 fully saturated rings. The molecular weight excluding hydrogens is 256 g/mol. The zero-order valence-corrected chi connectivity index (χ0v) is 14.1. The molecule has 0 aromatic heterocycles. The van der Waals surface area contributed by atoms with Crippen LogP contribution < -0.4 is 5.32 Å². The quantitative estimate of drug-likeness (QED) is 0.909. The van der Waals surface area contributed by atoms with E-state index >= 15 is 0 Å². The van der Waals surface area contributed by atoms with Gasteiger partial charge in [-0.1, -0.05) is 25.1 Å². The number of aryl methyl sites for hydroxylation is 2. The third kappa shape index (κ3) is 3.17. The molecule has 1 N–H and O–H groups in total. The first-order chi connectivity index (χ1) is 10.0. The summed E-state index contributed by atoms with van der Waals surface area (Å²) in [5.74, 6) is 0.934. The summed E-state index contributed by atoms with van der Waals surface area (Å²) < 4.78 is 0. The maximum atomic E-state index is 3.82. The molecule has 2 unspecified atom stereocenters. The first-order valence-corrected chi connectivity index (χ1v) is 8.56. The highest BCUT2D eigenvalue weighted by Crippen LogP contribution is 2.38. The van der Waals surface area contributed by atoms with Gasteiger partial charge in [-0.2, -0.15) is 0 Å². The van der Waals surface area contributed by atoms with Crippen molar-refractivity contribution in [3.05, 3.63) is 34.9 Å². The van der Waals surface area contributed by atoms with Crippen LogP contribution in [-0.4, -0.2) is 29.6 Å². The normalized spacial score (nSPS) is 30.6. The molecule has 0 radical (unpaired) electrons. The van der Waals surface area contributed by atoms with Crippen molar-refractivity contribution in [1.82, 2.24) is 10.2 Å². The minimum atomic E-state index is 0.280. The standard InChI is InChI=1S/C19H30N2/c1-5-19(4)13-21(18(11-20-19)16-9-10-16)12-17-14(2)7-6-8-15(17)3/h6-8,16,18,20H,5,9-13H2,1-4H3. The molecule has 116 valence electrons. The molecule has 1 aromatic rings. The van der Waals surface area contributed by atoms with Crippen LogP contribution in [0, 0.1) is 19.8 Å². The molecule has 1 aliphatic heterocycles. The lowest BCUT2D eigenvalue weighted by atomic mass is 9.91. The summed E-state index contributed by atoms with van der Waals surface area (Å²) in [5, 5.41) is 3.82. The van der Waals surface area contributed by atoms with E-state index in [9.17, 15) is 0 Å². The van der Waals surface area contributed by atoms with Crippen molar-refractivity contribution in [2.75, 3.05) is 13.1 Å². The molecular formula is C19H30N2. The van der Waals surface area contributed by atoms with Crippen LogP contribution in [0.15, 0.2) is 18.2 Å². The highest BCUT2D eigenvalue weighted by Gasteiger charge is 2.41. The predicted molar refractivity (Wildman–Crippen MR) is 89.5 cm³/mol. The lowest BCUT2D eigenvalue weighted by Gasteiger charge is -2.46. The second kappa shape index (κ2) is 5.73. The van der Waals surface area contributed by atoms with Gasteiger partial charge in [-0.25, -0.2) is 0 Å². The van der Waals surface area contributed by atoms with Crippen molar-refractivity contribution in [2.45, 2.75) is 65.1 Å². The third-order valence-corrected chi connectivity index (χ3v) is 5.71. The van der Waals surface area contributed by atoms with Crippen molar-refractivity contribution < 1.29 is 0 Å². The number of hydrogen-bond donors (Lipinski definition) is 1. The second-order valence-corrected chi connectivity index (χ2v) is 7.48. The van der Waals surface area contributed by atoms with Crippen LogP contribution in [0.25, 0.3) is 0 Å².